The van der Waals surface area contributed by atoms with Gasteiger partial charge >= 0.3 is 6.18 Å². The highest BCUT2D eigenvalue weighted by molar-refractivity contribution is 9.10. The average molecular weight is 585 g/mol. The first-order chi connectivity index (χ1) is 18.2. The van der Waals surface area contributed by atoms with Crippen LogP contribution in [0.1, 0.15) is 29.2 Å². The second-order valence-electron chi connectivity index (χ2n) is 8.36. The van der Waals surface area contributed by atoms with Crippen LogP contribution in [0.5, 0.6) is 11.5 Å². The lowest BCUT2D eigenvalue weighted by atomic mass is 10.1. The van der Waals surface area contributed by atoms with E-state index in [4.69, 9.17) is 9.47 Å². The third-order valence-corrected chi connectivity index (χ3v) is 6.19. The van der Waals surface area contributed by atoms with Gasteiger partial charge in [-0.2, -0.15) is 18.3 Å². The molecule has 0 spiro atoms. The van der Waals surface area contributed by atoms with Crippen molar-refractivity contribution in [1.29, 1.82) is 0 Å². The zero-order valence-corrected chi connectivity index (χ0v) is 22.0. The lowest BCUT2D eigenvalue weighted by Crippen LogP contribution is -2.20. The Kier molecular flexibility index (Phi) is 8.68. The minimum Gasteiger partial charge on any atom is -0.490 e. The van der Waals surface area contributed by atoms with Gasteiger partial charge in [0.1, 0.15) is 6.61 Å². The molecule has 9 heteroatoms. The smallest absolute Gasteiger partial charge is 0.416 e. The standard InChI is InChI=1S/C29H24BrF3N2O3/c1-2-37-26-15-20(17-34-35-27(36)16-19-7-5-11-23(13-19)29(31,32)33)14-25(30)28(26)38-18-22-10-6-9-21-8-3-4-12-24(21)22/h3-15,17H,2,16,18H2,1H3,(H,35,36)/b34-17-. The van der Waals surface area contributed by atoms with Crippen molar-refractivity contribution in [2.45, 2.75) is 26.1 Å². The molecule has 1 amide bonds. The summed E-state index contributed by atoms with van der Waals surface area (Å²) < 4.78 is 51.3. The zero-order chi connectivity index (χ0) is 27.1. The lowest BCUT2D eigenvalue weighted by molar-refractivity contribution is -0.137. The number of carbonyl (C=O) groups is 1. The van der Waals surface area contributed by atoms with Crippen molar-refractivity contribution in [3.63, 3.8) is 0 Å². The molecule has 0 fully saturated rings. The molecule has 38 heavy (non-hydrogen) atoms. The van der Waals surface area contributed by atoms with Crippen molar-refractivity contribution in [2.75, 3.05) is 6.61 Å². The fraction of sp³-hybridized carbons (Fsp3) is 0.172. The van der Waals surface area contributed by atoms with Gasteiger partial charge < -0.3 is 9.47 Å². The molecule has 1 N–H and O–H groups in total. The molecule has 0 saturated heterocycles. The van der Waals surface area contributed by atoms with E-state index >= 15 is 0 Å². The number of nitrogens with one attached hydrogen (secondary N) is 1. The normalized spacial score (nSPS) is 11.6. The van der Waals surface area contributed by atoms with Crippen molar-refractivity contribution >= 4 is 38.8 Å². The van der Waals surface area contributed by atoms with Gasteiger partial charge in [-0.3, -0.25) is 4.79 Å². The molecule has 0 bridgehead atoms. The van der Waals surface area contributed by atoms with E-state index in [2.05, 4.69) is 26.5 Å². The van der Waals surface area contributed by atoms with Crippen LogP contribution >= 0.6 is 15.9 Å². The molecule has 4 rings (SSSR count). The molecule has 0 heterocycles. The van der Waals surface area contributed by atoms with Crippen LogP contribution < -0.4 is 14.9 Å². The maximum atomic E-state index is 12.9. The number of rotatable bonds is 9. The second-order valence-corrected chi connectivity index (χ2v) is 9.21. The van der Waals surface area contributed by atoms with Crippen molar-refractivity contribution in [3.05, 3.63) is 106 Å². The van der Waals surface area contributed by atoms with Crippen molar-refractivity contribution < 1.29 is 27.4 Å². The summed E-state index contributed by atoms with van der Waals surface area (Å²) in [5.41, 5.74) is 3.44. The summed E-state index contributed by atoms with van der Waals surface area (Å²) in [5.74, 6) is 0.490. The average Bonchev–Trinajstić information content (AvgIpc) is 2.88. The monoisotopic (exact) mass is 584 g/mol. The Morgan fingerprint density at radius 2 is 1.76 bits per heavy atom. The van der Waals surface area contributed by atoms with E-state index in [-0.39, 0.29) is 12.0 Å². The van der Waals surface area contributed by atoms with Crippen LogP contribution in [0.2, 0.25) is 0 Å². The number of ether oxygens (including phenoxy) is 2. The Bertz CT molecular complexity index is 1470. The largest absolute Gasteiger partial charge is 0.490 e. The number of nitrogens with zero attached hydrogens (tertiary/aromatic N) is 1. The fourth-order valence-electron chi connectivity index (χ4n) is 3.90. The Morgan fingerprint density at radius 1 is 1.00 bits per heavy atom. The molecule has 0 aliphatic heterocycles. The highest BCUT2D eigenvalue weighted by atomic mass is 79.9. The van der Waals surface area contributed by atoms with E-state index in [1.54, 1.807) is 12.1 Å². The first-order valence-electron chi connectivity index (χ1n) is 11.8. The Morgan fingerprint density at radius 3 is 2.55 bits per heavy atom. The predicted octanol–water partition coefficient (Wildman–Crippen LogP) is 7.29. The first kappa shape index (κ1) is 27.2. The summed E-state index contributed by atoms with van der Waals surface area (Å²) in [6, 6.07) is 22.3. The SMILES string of the molecule is CCOc1cc(/C=N\NC(=O)Cc2cccc(C(F)(F)F)c2)cc(Br)c1OCc1cccc2ccccc12. The molecule has 0 radical (unpaired) electrons. The van der Waals surface area contributed by atoms with Crippen molar-refractivity contribution in [1.82, 2.24) is 5.43 Å². The number of hydrazone groups is 1. The number of hydrogen-bond acceptors (Lipinski definition) is 4. The zero-order valence-electron chi connectivity index (χ0n) is 20.4. The lowest BCUT2D eigenvalue weighted by Gasteiger charge is -2.15. The van der Waals surface area contributed by atoms with Crippen LogP contribution in [0, 0.1) is 0 Å². The number of fused-ring (bicyclic) bond motifs is 1. The third kappa shape index (κ3) is 6.92. The van der Waals surface area contributed by atoms with Gasteiger partial charge in [0, 0.05) is 0 Å². The van der Waals surface area contributed by atoms with Crippen LogP contribution in [0.4, 0.5) is 13.2 Å². The molecule has 196 valence electrons. The summed E-state index contributed by atoms with van der Waals surface area (Å²) in [4.78, 5) is 12.2. The fourth-order valence-corrected chi connectivity index (χ4v) is 4.47. The maximum absolute atomic E-state index is 12.9. The summed E-state index contributed by atoms with van der Waals surface area (Å²) in [6.45, 7) is 2.60. The summed E-state index contributed by atoms with van der Waals surface area (Å²) >= 11 is 3.53. The van der Waals surface area contributed by atoms with Gasteiger partial charge in [0.15, 0.2) is 11.5 Å². The Labute approximate surface area is 226 Å². The van der Waals surface area contributed by atoms with E-state index in [0.717, 1.165) is 28.5 Å². The van der Waals surface area contributed by atoms with Crippen LogP contribution in [0.15, 0.2) is 88.4 Å². The Balaban J connectivity index is 1.44. The number of alkyl halides is 3. The molecule has 0 aliphatic rings. The molecular weight excluding hydrogens is 561 g/mol. The second kappa shape index (κ2) is 12.1. The minimum absolute atomic E-state index is 0.238. The first-order valence-corrected chi connectivity index (χ1v) is 12.6. The molecule has 4 aromatic carbocycles. The van der Waals surface area contributed by atoms with Crippen LogP contribution in [-0.2, 0) is 24.0 Å². The molecule has 0 unspecified atom stereocenters. The van der Waals surface area contributed by atoms with E-state index in [0.29, 0.717) is 34.7 Å². The van der Waals surface area contributed by atoms with Crippen LogP contribution in [0.3, 0.4) is 0 Å². The molecule has 0 aliphatic carbocycles. The highest BCUT2D eigenvalue weighted by Crippen LogP contribution is 2.37. The third-order valence-electron chi connectivity index (χ3n) is 5.61. The number of benzene rings is 4. The molecule has 4 aromatic rings. The quantitative estimate of drug-likeness (QED) is 0.166. The van der Waals surface area contributed by atoms with Crippen molar-refractivity contribution in [3.8, 4) is 11.5 Å². The van der Waals surface area contributed by atoms with E-state index in [1.807, 2.05) is 49.4 Å². The number of carbonyl (C=O) groups excluding carboxylic acids is 1. The number of hydrogen-bond donors (Lipinski definition) is 1. The van der Waals surface area contributed by atoms with Gasteiger partial charge in [0.05, 0.1) is 29.3 Å². The minimum atomic E-state index is -4.47. The van der Waals surface area contributed by atoms with Crippen LogP contribution in [0.25, 0.3) is 10.8 Å². The van der Waals surface area contributed by atoms with Gasteiger partial charge in [-0.15, -0.1) is 0 Å². The van der Waals surface area contributed by atoms with E-state index in [1.165, 1.54) is 18.3 Å². The van der Waals surface area contributed by atoms with E-state index in [9.17, 15) is 18.0 Å². The van der Waals surface area contributed by atoms with Gasteiger partial charge in [-0.25, -0.2) is 5.43 Å². The molecule has 0 atom stereocenters. The summed E-state index contributed by atoms with van der Waals surface area (Å²) in [5, 5.41) is 6.17. The number of amides is 1. The van der Waals surface area contributed by atoms with Crippen molar-refractivity contribution in [2.24, 2.45) is 5.10 Å². The molecule has 0 aromatic heterocycles. The predicted molar refractivity (Wildman–Crippen MR) is 144 cm³/mol. The number of halogens is 4. The van der Waals surface area contributed by atoms with Gasteiger partial charge in [0.25, 0.3) is 0 Å². The summed E-state index contributed by atoms with van der Waals surface area (Å²) in [6.07, 6.45) is -3.29. The maximum Gasteiger partial charge on any atom is 0.416 e. The Hall–Kier alpha value is -3.85. The highest BCUT2D eigenvalue weighted by Gasteiger charge is 2.30. The molecular formula is C29H24BrF3N2O3. The van der Waals surface area contributed by atoms with Gasteiger partial charge in [-0.1, -0.05) is 60.7 Å². The van der Waals surface area contributed by atoms with Gasteiger partial charge in [0.2, 0.25) is 5.91 Å². The molecule has 0 saturated carbocycles. The topological polar surface area (TPSA) is 59.9 Å². The van der Waals surface area contributed by atoms with E-state index < -0.39 is 17.6 Å². The summed E-state index contributed by atoms with van der Waals surface area (Å²) in [7, 11) is 0. The van der Waals surface area contributed by atoms with Crippen LogP contribution in [-0.4, -0.2) is 18.7 Å². The molecule has 5 nitrogen and oxygen atoms in total. The van der Waals surface area contributed by atoms with Gasteiger partial charge in [-0.05, 0) is 68.5 Å².